The molecule has 0 aromatic carbocycles. The predicted octanol–water partition coefficient (Wildman–Crippen LogP) is -11.1. The second-order valence-corrected chi connectivity index (χ2v) is 3.48. The summed E-state index contributed by atoms with van der Waals surface area (Å²) in [4.78, 5) is 35.7. The van der Waals surface area contributed by atoms with Crippen LogP contribution in [0, 0.1) is 0 Å². The summed E-state index contributed by atoms with van der Waals surface area (Å²) in [5, 5.41) is 0. The molecule has 0 radical (unpaired) electrons. The van der Waals surface area contributed by atoms with Crippen LogP contribution < -0.4 is 103 Å². The molecule has 0 aromatic rings. The standard InChI is InChI=1S/CH4.3Na.H4O7P2/c;;;;1-8(2,3)7-9(4,5)6/h1H4;;;;(H2,1,2,3)(H2,4,5,6)/q;3*+1;/p-3. The van der Waals surface area contributed by atoms with Gasteiger partial charge in [0.1, 0.15) is 0 Å². The number of hydrogen-bond acceptors (Lipinski definition) is 6. The Kier molecular flexibility index (Phi) is 27.0. The Morgan fingerprint density at radius 3 is 1.23 bits per heavy atom. The molecule has 0 aliphatic rings. The Morgan fingerprint density at radius 1 is 1.00 bits per heavy atom. The van der Waals surface area contributed by atoms with Gasteiger partial charge in [-0.05, 0) is 0 Å². The Morgan fingerprint density at radius 2 is 1.23 bits per heavy atom. The first-order valence-electron chi connectivity index (χ1n) is 1.48. The van der Waals surface area contributed by atoms with Crippen molar-refractivity contribution in [3.05, 3.63) is 0 Å². The maximum Gasteiger partial charge on any atom is 1.00 e. The van der Waals surface area contributed by atoms with Crippen molar-refractivity contribution in [3.63, 3.8) is 0 Å². The fraction of sp³-hybridized carbons (Fsp3) is 1.00. The summed E-state index contributed by atoms with van der Waals surface area (Å²) in [6, 6.07) is 0. The fourth-order valence-electron chi connectivity index (χ4n) is 0.126. The van der Waals surface area contributed by atoms with Crippen molar-refractivity contribution in [2.45, 2.75) is 7.43 Å². The number of phosphoric acid groups is 2. The van der Waals surface area contributed by atoms with Crippen LogP contribution in [0.1, 0.15) is 7.43 Å². The zero-order valence-corrected chi connectivity index (χ0v) is 14.6. The van der Waals surface area contributed by atoms with Crippen LogP contribution in [-0.4, -0.2) is 4.89 Å². The molecule has 1 N–H and O–H groups in total. The maximum atomic E-state index is 9.44. The summed E-state index contributed by atoms with van der Waals surface area (Å²) in [6.45, 7) is 0. The normalized spacial score (nSPS) is 13.2. The van der Waals surface area contributed by atoms with Gasteiger partial charge in [-0.15, -0.1) is 0 Å². The smallest absolute Gasteiger partial charge is 0.790 e. The molecule has 0 bridgehead atoms. The molecule has 0 heterocycles. The Labute approximate surface area is 142 Å². The van der Waals surface area contributed by atoms with Crippen LogP contribution in [0.4, 0.5) is 0 Å². The molecular formula is CH5Na3O7P2. The van der Waals surface area contributed by atoms with E-state index in [1.807, 2.05) is 0 Å². The van der Waals surface area contributed by atoms with E-state index in [-0.39, 0.29) is 96.1 Å². The van der Waals surface area contributed by atoms with E-state index < -0.39 is 15.6 Å². The molecule has 1 unspecified atom stereocenters. The molecule has 13 heavy (non-hydrogen) atoms. The largest absolute Gasteiger partial charge is 1.00 e. The van der Waals surface area contributed by atoms with Crippen molar-refractivity contribution in [1.82, 2.24) is 0 Å². The third-order valence-corrected chi connectivity index (χ3v) is 1.83. The fourth-order valence-corrected chi connectivity index (χ4v) is 1.14. The minimum absolute atomic E-state index is 0. The number of rotatable bonds is 2. The maximum absolute atomic E-state index is 9.44. The van der Waals surface area contributed by atoms with Gasteiger partial charge in [-0.25, -0.2) is 0 Å². The minimum atomic E-state index is -5.61. The van der Waals surface area contributed by atoms with Crippen molar-refractivity contribution in [3.8, 4) is 0 Å². The van der Waals surface area contributed by atoms with Crippen molar-refractivity contribution >= 4 is 15.6 Å². The topological polar surface area (TPSA) is 133 Å². The van der Waals surface area contributed by atoms with Crippen molar-refractivity contribution < 1.29 is 122 Å². The van der Waals surface area contributed by atoms with Gasteiger partial charge in [0.05, 0.1) is 7.82 Å². The molecule has 0 aliphatic heterocycles. The van der Waals surface area contributed by atoms with Crippen LogP contribution in [0.5, 0.6) is 0 Å². The van der Waals surface area contributed by atoms with Crippen LogP contribution in [0.25, 0.3) is 0 Å². The van der Waals surface area contributed by atoms with Crippen LogP contribution in [0.3, 0.4) is 0 Å². The van der Waals surface area contributed by atoms with Gasteiger partial charge in [-0.2, -0.15) is 0 Å². The molecule has 12 heteroatoms. The SMILES string of the molecule is C.O=P([O-])([O-])OP(=O)([O-])O.[Na+].[Na+].[Na+]. The van der Waals surface area contributed by atoms with Gasteiger partial charge in [-0.1, -0.05) is 7.43 Å². The Balaban J connectivity index is -0.0000000533. The molecule has 0 saturated heterocycles. The van der Waals surface area contributed by atoms with Crippen LogP contribution in [-0.2, 0) is 13.4 Å². The van der Waals surface area contributed by atoms with Crippen LogP contribution in [0.15, 0.2) is 0 Å². The van der Waals surface area contributed by atoms with Gasteiger partial charge in [0.25, 0.3) is 7.82 Å². The molecule has 7 nitrogen and oxygen atoms in total. The second-order valence-electron chi connectivity index (χ2n) is 0.997. The summed E-state index contributed by atoms with van der Waals surface area (Å²) >= 11 is 0. The first-order chi connectivity index (χ1) is 3.71. The molecule has 1 atom stereocenters. The van der Waals surface area contributed by atoms with E-state index in [9.17, 15) is 23.8 Å². The Hall–Kier alpha value is 3.26. The van der Waals surface area contributed by atoms with Gasteiger partial charge in [0.15, 0.2) is 0 Å². The van der Waals surface area contributed by atoms with Gasteiger partial charge in [-0.3, -0.25) is 8.88 Å². The summed E-state index contributed by atoms with van der Waals surface area (Å²) in [5.74, 6) is 0. The van der Waals surface area contributed by atoms with Crippen molar-refractivity contribution in [2.24, 2.45) is 0 Å². The molecule has 0 aromatic heterocycles. The average molecular weight is 260 g/mol. The minimum Gasteiger partial charge on any atom is -0.790 e. The quantitative estimate of drug-likeness (QED) is 0.385. The van der Waals surface area contributed by atoms with Crippen LogP contribution >= 0.6 is 15.6 Å². The first kappa shape index (κ1) is 29.9. The van der Waals surface area contributed by atoms with E-state index in [2.05, 4.69) is 4.31 Å². The van der Waals surface area contributed by atoms with E-state index in [1.54, 1.807) is 0 Å². The van der Waals surface area contributed by atoms with Gasteiger partial charge >= 0.3 is 88.7 Å². The molecule has 0 rings (SSSR count). The number of hydrogen-bond donors (Lipinski definition) is 1. The Bertz CT molecular complexity index is 162. The van der Waals surface area contributed by atoms with Crippen LogP contribution in [0.2, 0.25) is 0 Å². The van der Waals surface area contributed by atoms with Gasteiger partial charge < -0.3 is 24.1 Å². The zero-order valence-electron chi connectivity index (χ0n) is 6.79. The van der Waals surface area contributed by atoms with E-state index in [0.29, 0.717) is 0 Å². The summed E-state index contributed by atoms with van der Waals surface area (Å²) < 4.78 is 21.4. The second kappa shape index (κ2) is 11.7. The van der Waals surface area contributed by atoms with Gasteiger partial charge in [0, 0.05) is 0 Å². The third kappa shape index (κ3) is 31.3. The zero-order chi connectivity index (χ0) is 7.71. The molecular weight excluding hydrogens is 255 g/mol. The van der Waals surface area contributed by atoms with E-state index in [0.717, 1.165) is 0 Å². The molecule has 0 fully saturated rings. The predicted molar refractivity (Wildman–Crippen MR) is 25.2 cm³/mol. The molecule has 0 spiro atoms. The monoisotopic (exact) mass is 260 g/mol. The molecule has 64 valence electrons. The third-order valence-electron chi connectivity index (χ3n) is 0.203. The average Bonchev–Trinajstić information content (AvgIpc) is 1.14. The van der Waals surface area contributed by atoms with E-state index in [1.165, 1.54) is 0 Å². The molecule has 0 saturated carbocycles. The molecule has 0 aliphatic carbocycles. The molecule has 0 amide bonds. The van der Waals surface area contributed by atoms with Crippen molar-refractivity contribution in [2.75, 3.05) is 0 Å². The van der Waals surface area contributed by atoms with E-state index >= 15 is 0 Å². The van der Waals surface area contributed by atoms with E-state index in [4.69, 9.17) is 4.89 Å². The van der Waals surface area contributed by atoms with Gasteiger partial charge in [0.2, 0.25) is 0 Å². The van der Waals surface area contributed by atoms with Crippen molar-refractivity contribution in [1.29, 1.82) is 0 Å². The summed E-state index contributed by atoms with van der Waals surface area (Å²) in [5.41, 5.74) is 0. The summed E-state index contributed by atoms with van der Waals surface area (Å²) in [7, 11) is -11.0. The summed E-state index contributed by atoms with van der Waals surface area (Å²) in [6.07, 6.45) is 0. The first-order valence-corrected chi connectivity index (χ1v) is 4.43.